The molecule has 1 aromatic heterocycles. The van der Waals surface area contributed by atoms with Crippen molar-refractivity contribution in [2.24, 2.45) is 0 Å². The maximum Gasteiger partial charge on any atom is 0.261 e. The van der Waals surface area contributed by atoms with Gasteiger partial charge in [0.25, 0.3) is 5.56 Å². The van der Waals surface area contributed by atoms with Crippen LogP contribution in [-0.4, -0.2) is 10.4 Å². The molecule has 3 nitrogen and oxygen atoms in total. The second-order valence-electron chi connectivity index (χ2n) is 4.99. The van der Waals surface area contributed by atoms with E-state index in [0.29, 0.717) is 6.54 Å². The number of carbonyl (C=O) groups excluding carboxylic acids is 1. The Morgan fingerprint density at radius 3 is 2.45 bits per heavy atom. The number of nitrogens with zero attached hydrogens (tertiary/aromatic N) is 1. The van der Waals surface area contributed by atoms with Crippen LogP contribution in [0.5, 0.6) is 0 Å². The summed E-state index contributed by atoms with van der Waals surface area (Å²) >= 11 is 0. The molecule has 0 aliphatic carbocycles. The topological polar surface area (TPSA) is 39.1 Å². The zero-order valence-electron chi connectivity index (χ0n) is 11.9. The molecule has 104 valence electrons. The maximum atomic E-state index is 12.2. The van der Waals surface area contributed by atoms with Gasteiger partial charge in [-0.05, 0) is 44.4 Å². The van der Waals surface area contributed by atoms with E-state index in [1.807, 2.05) is 31.2 Å². The maximum absolute atomic E-state index is 12.2. The molecule has 0 aliphatic heterocycles. The first kappa shape index (κ1) is 14.3. The second kappa shape index (κ2) is 6.33. The van der Waals surface area contributed by atoms with E-state index in [4.69, 9.17) is 0 Å². The fourth-order valence-corrected chi connectivity index (χ4v) is 2.30. The highest BCUT2D eigenvalue weighted by Crippen LogP contribution is 2.05. The van der Waals surface area contributed by atoms with Crippen LogP contribution in [0.25, 0.3) is 0 Å². The predicted octanol–water partition coefficient (Wildman–Crippen LogP) is 2.99. The third-order valence-corrected chi connectivity index (χ3v) is 3.46. The molecule has 0 spiro atoms. The minimum Gasteiger partial charge on any atom is -0.312 e. The lowest BCUT2D eigenvalue weighted by Crippen LogP contribution is -2.27. The lowest BCUT2D eigenvalue weighted by Gasteiger charge is -2.11. The van der Waals surface area contributed by atoms with Crippen molar-refractivity contribution < 1.29 is 4.79 Å². The standard InChI is InChI=1S/C17H19NO2/c1-13-10-11-16(14(2)19)17(20)18(13)12-6-9-15-7-4-3-5-8-15/h3-5,7-8,10-11H,6,9,12H2,1-2H3. The summed E-state index contributed by atoms with van der Waals surface area (Å²) in [6.07, 6.45) is 1.81. The number of pyridine rings is 1. The number of aromatic nitrogens is 1. The third kappa shape index (κ3) is 3.23. The summed E-state index contributed by atoms with van der Waals surface area (Å²) in [5.41, 5.74) is 2.26. The highest BCUT2D eigenvalue weighted by molar-refractivity contribution is 5.93. The molecule has 0 unspecified atom stereocenters. The summed E-state index contributed by atoms with van der Waals surface area (Å²) in [4.78, 5) is 23.6. The van der Waals surface area contributed by atoms with Crippen molar-refractivity contribution in [2.45, 2.75) is 33.2 Å². The molecule has 0 N–H and O–H groups in total. The van der Waals surface area contributed by atoms with E-state index >= 15 is 0 Å². The van der Waals surface area contributed by atoms with Crippen molar-refractivity contribution in [1.82, 2.24) is 4.57 Å². The summed E-state index contributed by atoms with van der Waals surface area (Å²) < 4.78 is 1.69. The van der Waals surface area contributed by atoms with Crippen LogP contribution in [0.4, 0.5) is 0 Å². The number of hydrogen-bond acceptors (Lipinski definition) is 2. The van der Waals surface area contributed by atoms with Gasteiger partial charge in [-0.1, -0.05) is 30.3 Å². The summed E-state index contributed by atoms with van der Waals surface area (Å²) in [5.74, 6) is -0.174. The molecule has 0 fully saturated rings. The van der Waals surface area contributed by atoms with Gasteiger partial charge in [0.05, 0.1) is 5.56 Å². The molecule has 2 rings (SSSR count). The first-order chi connectivity index (χ1) is 9.59. The first-order valence-corrected chi connectivity index (χ1v) is 6.85. The average Bonchev–Trinajstić information content (AvgIpc) is 2.43. The van der Waals surface area contributed by atoms with Crippen molar-refractivity contribution in [3.8, 4) is 0 Å². The summed E-state index contributed by atoms with van der Waals surface area (Å²) in [6.45, 7) is 3.97. The molecule has 0 bridgehead atoms. The van der Waals surface area contributed by atoms with Crippen molar-refractivity contribution in [2.75, 3.05) is 0 Å². The van der Waals surface area contributed by atoms with E-state index in [9.17, 15) is 9.59 Å². The van der Waals surface area contributed by atoms with E-state index < -0.39 is 0 Å². The number of Topliss-reactive ketones (excluding diaryl/α,β-unsaturated/α-hetero) is 1. The third-order valence-electron chi connectivity index (χ3n) is 3.46. The van der Waals surface area contributed by atoms with E-state index in [1.54, 1.807) is 10.6 Å². The molecule has 0 saturated heterocycles. The van der Waals surface area contributed by atoms with Gasteiger partial charge in [0.1, 0.15) is 0 Å². The van der Waals surface area contributed by atoms with Crippen LogP contribution in [0.3, 0.4) is 0 Å². The van der Waals surface area contributed by atoms with Crippen LogP contribution < -0.4 is 5.56 Å². The van der Waals surface area contributed by atoms with Crippen LogP contribution in [0.2, 0.25) is 0 Å². The molecular weight excluding hydrogens is 250 g/mol. The van der Waals surface area contributed by atoms with E-state index in [1.165, 1.54) is 12.5 Å². The Morgan fingerprint density at radius 1 is 1.10 bits per heavy atom. The summed E-state index contributed by atoms with van der Waals surface area (Å²) in [7, 11) is 0. The van der Waals surface area contributed by atoms with Crippen LogP contribution >= 0.6 is 0 Å². The van der Waals surface area contributed by atoms with Gasteiger partial charge in [-0.3, -0.25) is 9.59 Å². The fourth-order valence-electron chi connectivity index (χ4n) is 2.30. The van der Waals surface area contributed by atoms with Crippen molar-refractivity contribution >= 4 is 5.78 Å². The van der Waals surface area contributed by atoms with Crippen molar-refractivity contribution in [1.29, 1.82) is 0 Å². The van der Waals surface area contributed by atoms with Gasteiger partial charge in [-0.2, -0.15) is 0 Å². The zero-order chi connectivity index (χ0) is 14.5. The zero-order valence-corrected chi connectivity index (χ0v) is 11.9. The Balaban J connectivity index is 2.12. The highest BCUT2D eigenvalue weighted by Gasteiger charge is 2.09. The largest absolute Gasteiger partial charge is 0.312 e. The average molecular weight is 269 g/mol. The minimum atomic E-state index is -0.175. The summed E-state index contributed by atoms with van der Waals surface area (Å²) in [6, 6.07) is 13.7. The number of rotatable bonds is 5. The monoisotopic (exact) mass is 269 g/mol. The molecule has 20 heavy (non-hydrogen) atoms. The highest BCUT2D eigenvalue weighted by atomic mass is 16.1. The van der Waals surface area contributed by atoms with Crippen LogP contribution in [0, 0.1) is 6.92 Å². The van der Waals surface area contributed by atoms with Gasteiger partial charge >= 0.3 is 0 Å². The smallest absolute Gasteiger partial charge is 0.261 e. The molecule has 0 saturated carbocycles. The van der Waals surface area contributed by atoms with Gasteiger partial charge in [0, 0.05) is 12.2 Å². The molecule has 0 radical (unpaired) electrons. The SMILES string of the molecule is CC(=O)c1ccc(C)n(CCCc2ccccc2)c1=O. The van der Waals surface area contributed by atoms with Gasteiger partial charge < -0.3 is 4.57 Å². The Kier molecular flexibility index (Phi) is 4.51. The molecule has 2 aromatic rings. The number of benzene rings is 1. The van der Waals surface area contributed by atoms with Crippen molar-refractivity contribution in [3.05, 3.63) is 69.6 Å². The first-order valence-electron chi connectivity index (χ1n) is 6.85. The quantitative estimate of drug-likeness (QED) is 0.783. The summed E-state index contributed by atoms with van der Waals surface area (Å²) in [5, 5.41) is 0. The Morgan fingerprint density at radius 2 is 1.80 bits per heavy atom. The van der Waals surface area contributed by atoms with E-state index in [0.717, 1.165) is 18.5 Å². The lowest BCUT2D eigenvalue weighted by molar-refractivity contribution is 0.101. The van der Waals surface area contributed by atoms with E-state index in [2.05, 4.69) is 12.1 Å². The van der Waals surface area contributed by atoms with Gasteiger partial charge in [0.15, 0.2) is 5.78 Å². The Labute approximate surface area is 118 Å². The number of aryl methyl sites for hydroxylation is 2. The molecule has 0 amide bonds. The lowest BCUT2D eigenvalue weighted by atomic mass is 10.1. The second-order valence-corrected chi connectivity index (χ2v) is 4.99. The Hall–Kier alpha value is -2.16. The molecule has 3 heteroatoms. The molecule has 0 atom stereocenters. The Bertz CT molecular complexity index is 656. The molecule has 1 aromatic carbocycles. The van der Waals surface area contributed by atoms with Gasteiger partial charge in [0.2, 0.25) is 0 Å². The normalized spacial score (nSPS) is 10.5. The molecular formula is C17H19NO2. The van der Waals surface area contributed by atoms with Gasteiger partial charge in [-0.15, -0.1) is 0 Å². The number of ketones is 1. The van der Waals surface area contributed by atoms with Crippen LogP contribution in [0.1, 0.15) is 35.0 Å². The van der Waals surface area contributed by atoms with E-state index in [-0.39, 0.29) is 16.9 Å². The molecule has 0 aliphatic rings. The van der Waals surface area contributed by atoms with Crippen LogP contribution in [-0.2, 0) is 13.0 Å². The fraction of sp³-hybridized carbons (Fsp3) is 0.294. The number of hydrogen-bond donors (Lipinski definition) is 0. The number of carbonyl (C=O) groups is 1. The minimum absolute atomic E-state index is 0.174. The predicted molar refractivity (Wildman–Crippen MR) is 80.2 cm³/mol. The molecule has 1 heterocycles. The van der Waals surface area contributed by atoms with Crippen molar-refractivity contribution in [3.63, 3.8) is 0 Å². The van der Waals surface area contributed by atoms with Gasteiger partial charge in [-0.25, -0.2) is 0 Å². The van der Waals surface area contributed by atoms with Crippen LogP contribution in [0.15, 0.2) is 47.3 Å².